The summed E-state index contributed by atoms with van der Waals surface area (Å²) in [5.41, 5.74) is 2.56. The molecule has 0 saturated carbocycles. The molecule has 0 aliphatic carbocycles. The molecule has 1 fully saturated rings. The minimum atomic E-state index is -0.0847. The molecule has 7 heteroatoms. The highest BCUT2D eigenvalue weighted by Gasteiger charge is 2.25. The highest BCUT2D eigenvalue weighted by molar-refractivity contribution is 9.10. The van der Waals surface area contributed by atoms with Gasteiger partial charge in [-0.25, -0.2) is 4.98 Å². The van der Waals surface area contributed by atoms with Gasteiger partial charge in [-0.15, -0.1) is 0 Å². The molecule has 1 saturated heterocycles. The number of benzene rings is 1. The number of ether oxygens (including phenoxy) is 1. The zero-order valence-corrected chi connectivity index (χ0v) is 16.5. The lowest BCUT2D eigenvalue weighted by Gasteiger charge is -2.34. The molecular weight excluding hydrogens is 408 g/mol. The Labute approximate surface area is 165 Å². The van der Waals surface area contributed by atoms with Gasteiger partial charge < -0.3 is 9.64 Å². The second-order valence-corrected chi connectivity index (χ2v) is 7.35. The van der Waals surface area contributed by atoms with E-state index in [1.54, 1.807) is 30.1 Å². The van der Waals surface area contributed by atoms with Gasteiger partial charge in [-0.2, -0.15) is 0 Å². The zero-order valence-electron chi connectivity index (χ0n) is 14.9. The summed E-state index contributed by atoms with van der Waals surface area (Å²) in [4.78, 5) is 23.4. The van der Waals surface area contributed by atoms with Crippen molar-refractivity contribution in [3.8, 4) is 11.3 Å². The Kier molecular flexibility index (Phi) is 5.05. The standard InChI is InChI=1S/C20H19BrN4O2/c1-24-19(26)12-17(14-6-8-22-9-7-14)23-20(24)25-10-11-27-18(13-25)15-2-4-16(21)5-3-15/h2-9,12,18H,10-11,13H2,1H3/t18-/m0/s1. The molecule has 1 aromatic carbocycles. The number of hydrogen-bond acceptors (Lipinski definition) is 5. The molecule has 0 amide bonds. The molecule has 0 spiro atoms. The van der Waals surface area contributed by atoms with Crippen LogP contribution >= 0.6 is 15.9 Å². The van der Waals surface area contributed by atoms with E-state index in [1.165, 1.54) is 0 Å². The quantitative estimate of drug-likeness (QED) is 0.643. The van der Waals surface area contributed by atoms with Crippen molar-refractivity contribution in [2.75, 3.05) is 24.6 Å². The topological polar surface area (TPSA) is 60.2 Å². The van der Waals surface area contributed by atoms with Crippen LogP contribution in [0, 0.1) is 0 Å². The number of anilines is 1. The van der Waals surface area contributed by atoms with E-state index in [0.29, 0.717) is 31.3 Å². The van der Waals surface area contributed by atoms with Crippen LogP contribution in [-0.2, 0) is 11.8 Å². The van der Waals surface area contributed by atoms with Crippen LogP contribution in [0.15, 0.2) is 64.1 Å². The van der Waals surface area contributed by atoms with Crippen molar-refractivity contribution >= 4 is 21.9 Å². The second kappa shape index (κ2) is 7.62. The molecule has 2 aromatic heterocycles. The van der Waals surface area contributed by atoms with E-state index in [0.717, 1.165) is 15.6 Å². The first kappa shape index (κ1) is 17.9. The monoisotopic (exact) mass is 426 g/mol. The Morgan fingerprint density at radius 1 is 1.15 bits per heavy atom. The van der Waals surface area contributed by atoms with Crippen molar-refractivity contribution in [2.45, 2.75) is 6.10 Å². The predicted molar refractivity (Wildman–Crippen MR) is 108 cm³/mol. The van der Waals surface area contributed by atoms with Crippen LogP contribution in [0.25, 0.3) is 11.3 Å². The third-order valence-corrected chi connectivity index (χ3v) is 5.21. The van der Waals surface area contributed by atoms with E-state index < -0.39 is 0 Å². The van der Waals surface area contributed by atoms with Crippen molar-refractivity contribution in [2.24, 2.45) is 7.05 Å². The number of pyridine rings is 1. The number of hydrogen-bond donors (Lipinski definition) is 0. The van der Waals surface area contributed by atoms with E-state index in [1.807, 2.05) is 24.3 Å². The van der Waals surface area contributed by atoms with Crippen LogP contribution in [0.2, 0.25) is 0 Å². The normalized spacial score (nSPS) is 17.1. The summed E-state index contributed by atoms with van der Waals surface area (Å²) in [5, 5.41) is 0. The Morgan fingerprint density at radius 3 is 2.63 bits per heavy atom. The van der Waals surface area contributed by atoms with E-state index in [4.69, 9.17) is 9.72 Å². The average molecular weight is 427 g/mol. The molecule has 4 rings (SSSR count). The summed E-state index contributed by atoms with van der Waals surface area (Å²) < 4.78 is 8.59. The number of morpholine rings is 1. The summed E-state index contributed by atoms with van der Waals surface area (Å²) in [6, 6.07) is 13.4. The van der Waals surface area contributed by atoms with Crippen molar-refractivity contribution in [1.29, 1.82) is 0 Å². The van der Waals surface area contributed by atoms with Crippen LogP contribution < -0.4 is 10.5 Å². The average Bonchev–Trinajstić information content (AvgIpc) is 2.71. The van der Waals surface area contributed by atoms with E-state index in [9.17, 15) is 4.79 Å². The zero-order chi connectivity index (χ0) is 18.8. The van der Waals surface area contributed by atoms with Gasteiger partial charge >= 0.3 is 0 Å². The lowest BCUT2D eigenvalue weighted by molar-refractivity contribution is 0.0389. The molecule has 1 aliphatic rings. The van der Waals surface area contributed by atoms with Crippen molar-refractivity contribution in [3.63, 3.8) is 0 Å². The van der Waals surface area contributed by atoms with E-state index >= 15 is 0 Å². The first-order valence-electron chi connectivity index (χ1n) is 8.72. The maximum Gasteiger partial charge on any atom is 0.255 e. The second-order valence-electron chi connectivity index (χ2n) is 6.43. The van der Waals surface area contributed by atoms with Crippen LogP contribution in [0.5, 0.6) is 0 Å². The smallest absolute Gasteiger partial charge is 0.255 e. The van der Waals surface area contributed by atoms with Crippen LogP contribution in [0.4, 0.5) is 5.95 Å². The fourth-order valence-corrected chi connectivity index (χ4v) is 3.46. The maximum atomic E-state index is 12.5. The van der Waals surface area contributed by atoms with Gasteiger partial charge in [-0.05, 0) is 29.8 Å². The Morgan fingerprint density at radius 2 is 1.89 bits per heavy atom. The summed E-state index contributed by atoms with van der Waals surface area (Å²) in [7, 11) is 1.76. The van der Waals surface area contributed by atoms with Crippen molar-refractivity contribution in [3.05, 3.63) is 75.2 Å². The molecular formula is C20H19BrN4O2. The fourth-order valence-electron chi connectivity index (χ4n) is 3.19. The lowest BCUT2D eigenvalue weighted by Crippen LogP contribution is -2.41. The minimum Gasteiger partial charge on any atom is -0.370 e. The fraction of sp³-hybridized carbons (Fsp3) is 0.250. The molecule has 1 atom stereocenters. The summed E-state index contributed by atoms with van der Waals surface area (Å²) in [5.74, 6) is 0.653. The Bertz CT molecular complexity index is 989. The largest absolute Gasteiger partial charge is 0.370 e. The SMILES string of the molecule is Cn1c(N2CCO[C@H](c3ccc(Br)cc3)C2)nc(-c2ccncc2)cc1=O. The first-order valence-corrected chi connectivity index (χ1v) is 9.51. The molecule has 3 aromatic rings. The van der Waals surface area contributed by atoms with Gasteiger partial charge in [-0.3, -0.25) is 14.3 Å². The number of rotatable bonds is 3. The van der Waals surface area contributed by atoms with Gasteiger partial charge in [0.15, 0.2) is 0 Å². The molecule has 0 radical (unpaired) electrons. The molecule has 0 N–H and O–H groups in total. The van der Waals surface area contributed by atoms with Crippen LogP contribution in [0.3, 0.4) is 0 Å². The predicted octanol–water partition coefficient (Wildman–Crippen LogP) is 3.18. The summed E-state index contributed by atoms with van der Waals surface area (Å²) in [6.45, 7) is 1.91. The summed E-state index contributed by atoms with van der Waals surface area (Å²) in [6.07, 6.45) is 3.34. The molecule has 0 unspecified atom stereocenters. The maximum absolute atomic E-state index is 12.5. The summed E-state index contributed by atoms with van der Waals surface area (Å²) >= 11 is 3.46. The number of nitrogens with zero attached hydrogens (tertiary/aromatic N) is 4. The highest BCUT2D eigenvalue weighted by Crippen LogP contribution is 2.26. The van der Waals surface area contributed by atoms with Gasteiger partial charge in [0.25, 0.3) is 5.56 Å². The van der Waals surface area contributed by atoms with Gasteiger partial charge in [0.05, 0.1) is 18.8 Å². The van der Waals surface area contributed by atoms with Crippen LogP contribution in [0.1, 0.15) is 11.7 Å². The van der Waals surface area contributed by atoms with Crippen molar-refractivity contribution in [1.82, 2.24) is 14.5 Å². The van der Waals surface area contributed by atoms with Crippen LogP contribution in [-0.4, -0.2) is 34.2 Å². The van der Waals surface area contributed by atoms with Crippen molar-refractivity contribution < 1.29 is 4.74 Å². The third kappa shape index (κ3) is 3.79. The highest BCUT2D eigenvalue weighted by atomic mass is 79.9. The Hall–Kier alpha value is -2.51. The number of aromatic nitrogens is 3. The van der Waals surface area contributed by atoms with Gasteiger partial charge in [0, 0.05) is 42.1 Å². The molecule has 3 heterocycles. The van der Waals surface area contributed by atoms with E-state index in [2.05, 4.69) is 37.9 Å². The van der Waals surface area contributed by atoms with Gasteiger partial charge in [-0.1, -0.05) is 28.1 Å². The lowest BCUT2D eigenvalue weighted by atomic mass is 10.1. The first-order chi connectivity index (χ1) is 13.1. The molecule has 6 nitrogen and oxygen atoms in total. The van der Waals surface area contributed by atoms with Gasteiger partial charge in [0.1, 0.15) is 6.10 Å². The number of halogens is 1. The molecule has 138 valence electrons. The molecule has 27 heavy (non-hydrogen) atoms. The molecule has 1 aliphatic heterocycles. The van der Waals surface area contributed by atoms with Gasteiger partial charge in [0.2, 0.25) is 5.95 Å². The molecule has 0 bridgehead atoms. The third-order valence-electron chi connectivity index (χ3n) is 4.68. The Balaban J connectivity index is 1.67. The minimum absolute atomic E-state index is 0.0617. The van der Waals surface area contributed by atoms with E-state index in [-0.39, 0.29) is 11.7 Å².